The Hall–Kier alpha value is -1.79. The van der Waals surface area contributed by atoms with Gasteiger partial charge in [-0.3, -0.25) is 4.79 Å². The van der Waals surface area contributed by atoms with Gasteiger partial charge in [-0.1, -0.05) is 0 Å². The molecule has 1 aromatic rings. The van der Waals surface area contributed by atoms with E-state index in [4.69, 9.17) is 9.47 Å². The van der Waals surface area contributed by atoms with E-state index < -0.39 is 6.10 Å². The monoisotopic (exact) mass is 334 g/mol. The van der Waals surface area contributed by atoms with Gasteiger partial charge in [0.15, 0.2) is 0 Å². The highest BCUT2D eigenvalue weighted by Crippen LogP contribution is 2.47. The summed E-state index contributed by atoms with van der Waals surface area (Å²) in [5, 5.41) is 9.71. The van der Waals surface area contributed by atoms with Crippen LogP contribution in [-0.4, -0.2) is 69.0 Å². The van der Waals surface area contributed by atoms with Gasteiger partial charge in [-0.15, -0.1) is 0 Å². The largest absolute Gasteiger partial charge is 0.487 e. The summed E-state index contributed by atoms with van der Waals surface area (Å²) in [5.41, 5.74) is 2.27. The number of carbonyl (C=O) groups excluding carboxylic acids is 1. The number of amides is 1. The minimum absolute atomic E-state index is 0.0383. The highest BCUT2D eigenvalue weighted by molar-refractivity contribution is 5.76. The maximum Gasteiger partial charge on any atom is 0.224 e. The van der Waals surface area contributed by atoms with Crippen LogP contribution in [0, 0.1) is 0 Å². The van der Waals surface area contributed by atoms with Crippen molar-refractivity contribution in [2.75, 3.05) is 39.7 Å². The van der Waals surface area contributed by atoms with Crippen molar-refractivity contribution in [3.63, 3.8) is 0 Å². The molecule has 0 bridgehead atoms. The number of rotatable bonds is 4. The molecular formula is C18H26N2O4. The Kier molecular flexibility index (Phi) is 4.69. The van der Waals surface area contributed by atoms with Crippen LogP contribution in [0.1, 0.15) is 24.3 Å². The van der Waals surface area contributed by atoms with Gasteiger partial charge in [-0.2, -0.15) is 0 Å². The summed E-state index contributed by atoms with van der Waals surface area (Å²) in [4.78, 5) is 15.7. The second-order valence-electron chi connectivity index (χ2n) is 7.01. The number of carbonyl (C=O) groups is 1. The zero-order valence-corrected chi connectivity index (χ0v) is 14.7. The van der Waals surface area contributed by atoms with Gasteiger partial charge < -0.3 is 24.4 Å². The Labute approximate surface area is 143 Å². The molecule has 6 nitrogen and oxygen atoms in total. The fourth-order valence-electron chi connectivity index (χ4n) is 3.53. The van der Waals surface area contributed by atoms with Gasteiger partial charge in [0, 0.05) is 45.4 Å². The van der Waals surface area contributed by atoms with Crippen molar-refractivity contribution < 1.29 is 19.4 Å². The highest BCUT2D eigenvalue weighted by atomic mass is 16.6. The second-order valence-corrected chi connectivity index (χ2v) is 7.01. The fraction of sp³-hybridized carbons (Fsp3) is 0.611. The summed E-state index contributed by atoms with van der Waals surface area (Å²) in [6.07, 6.45) is 0.267. The van der Waals surface area contributed by atoms with E-state index in [0.717, 1.165) is 23.4 Å². The number of fused-ring (bicyclic) bond motifs is 3. The molecule has 24 heavy (non-hydrogen) atoms. The van der Waals surface area contributed by atoms with E-state index in [9.17, 15) is 9.90 Å². The van der Waals surface area contributed by atoms with Crippen LogP contribution in [0.4, 0.5) is 5.69 Å². The molecular weight excluding hydrogens is 308 g/mol. The Morgan fingerprint density at radius 2 is 2.04 bits per heavy atom. The van der Waals surface area contributed by atoms with Gasteiger partial charge in [-0.05, 0) is 24.6 Å². The molecule has 132 valence electrons. The lowest BCUT2D eigenvalue weighted by atomic mass is 9.84. The zero-order valence-electron chi connectivity index (χ0n) is 14.7. The zero-order chi connectivity index (χ0) is 17.4. The number of benzene rings is 1. The van der Waals surface area contributed by atoms with E-state index in [0.29, 0.717) is 6.42 Å². The molecule has 2 aliphatic heterocycles. The van der Waals surface area contributed by atoms with Crippen LogP contribution in [0.15, 0.2) is 18.2 Å². The predicted octanol–water partition coefficient (Wildman–Crippen LogP) is 1.23. The average Bonchev–Trinajstić information content (AvgIpc) is 2.91. The van der Waals surface area contributed by atoms with Crippen LogP contribution in [-0.2, 0) is 9.53 Å². The molecule has 0 aliphatic carbocycles. The van der Waals surface area contributed by atoms with Crippen molar-refractivity contribution in [3.8, 4) is 5.75 Å². The number of aliphatic hydroxyl groups excluding tert-OH is 1. The van der Waals surface area contributed by atoms with Crippen LogP contribution in [0.5, 0.6) is 5.75 Å². The van der Waals surface area contributed by atoms with Crippen molar-refractivity contribution in [1.29, 1.82) is 0 Å². The van der Waals surface area contributed by atoms with E-state index in [2.05, 4.69) is 11.0 Å². The molecule has 0 saturated carbocycles. The first kappa shape index (κ1) is 17.0. The van der Waals surface area contributed by atoms with Gasteiger partial charge in [-0.25, -0.2) is 0 Å². The maximum absolute atomic E-state index is 12.0. The summed E-state index contributed by atoms with van der Waals surface area (Å²) < 4.78 is 12.0. The first-order chi connectivity index (χ1) is 11.4. The average molecular weight is 334 g/mol. The quantitative estimate of drug-likeness (QED) is 0.897. The SMILES string of the molecule is CN(C)C(=O)C[C@H]1C[C@@H]2c3cc(N(C)C)ccc3O[C@@H]2[C@@H](CO)O1. The van der Waals surface area contributed by atoms with Crippen molar-refractivity contribution in [3.05, 3.63) is 23.8 Å². The number of hydrogen-bond donors (Lipinski definition) is 1. The molecule has 1 N–H and O–H groups in total. The van der Waals surface area contributed by atoms with E-state index in [1.165, 1.54) is 0 Å². The first-order valence-electron chi connectivity index (χ1n) is 8.35. The minimum Gasteiger partial charge on any atom is -0.487 e. The molecule has 4 atom stereocenters. The van der Waals surface area contributed by atoms with E-state index in [-0.39, 0.29) is 30.6 Å². The smallest absolute Gasteiger partial charge is 0.224 e. The molecule has 1 amide bonds. The Balaban J connectivity index is 1.85. The van der Waals surface area contributed by atoms with E-state index >= 15 is 0 Å². The number of nitrogens with zero attached hydrogens (tertiary/aromatic N) is 2. The molecule has 6 heteroatoms. The van der Waals surface area contributed by atoms with Crippen LogP contribution in [0.2, 0.25) is 0 Å². The second kappa shape index (κ2) is 6.61. The van der Waals surface area contributed by atoms with E-state index in [1.807, 2.05) is 26.2 Å². The van der Waals surface area contributed by atoms with Gasteiger partial charge in [0.25, 0.3) is 0 Å². The number of anilines is 1. The Morgan fingerprint density at radius 3 is 2.67 bits per heavy atom. The Morgan fingerprint density at radius 1 is 1.29 bits per heavy atom. The third-order valence-electron chi connectivity index (χ3n) is 4.90. The molecule has 0 unspecified atom stereocenters. The normalized spacial score (nSPS) is 27.9. The molecule has 2 aliphatic rings. The molecule has 0 aromatic heterocycles. The van der Waals surface area contributed by atoms with Gasteiger partial charge in [0.1, 0.15) is 18.0 Å². The molecule has 1 aromatic carbocycles. The topological polar surface area (TPSA) is 62.2 Å². The van der Waals surface area contributed by atoms with Crippen molar-refractivity contribution in [2.24, 2.45) is 0 Å². The lowest BCUT2D eigenvalue weighted by Crippen LogP contribution is -2.47. The number of ether oxygens (including phenoxy) is 2. The van der Waals surface area contributed by atoms with Crippen LogP contribution in [0.25, 0.3) is 0 Å². The lowest BCUT2D eigenvalue weighted by molar-refractivity contribution is -0.147. The molecule has 3 rings (SSSR count). The first-order valence-corrected chi connectivity index (χ1v) is 8.35. The third-order valence-corrected chi connectivity index (χ3v) is 4.90. The van der Waals surface area contributed by atoms with Crippen LogP contribution in [0.3, 0.4) is 0 Å². The molecule has 0 radical (unpaired) electrons. The molecule has 2 heterocycles. The van der Waals surface area contributed by atoms with Crippen molar-refractivity contribution in [2.45, 2.75) is 37.1 Å². The highest BCUT2D eigenvalue weighted by Gasteiger charge is 2.46. The maximum atomic E-state index is 12.0. The minimum atomic E-state index is -0.404. The van der Waals surface area contributed by atoms with E-state index in [1.54, 1.807) is 19.0 Å². The molecule has 1 saturated heterocycles. The lowest BCUT2D eigenvalue weighted by Gasteiger charge is -2.37. The molecule has 1 fully saturated rings. The number of hydrogen-bond acceptors (Lipinski definition) is 5. The number of aliphatic hydroxyl groups is 1. The third kappa shape index (κ3) is 3.08. The predicted molar refractivity (Wildman–Crippen MR) is 91.6 cm³/mol. The van der Waals surface area contributed by atoms with Crippen molar-refractivity contribution in [1.82, 2.24) is 4.90 Å². The van der Waals surface area contributed by atoms with Crippen LogP contribution >= 0.6 is 0 Å². The van der Waals surface area contributed by atoms with Crippen molar-refractivity contribution >= 4 is 11.6 Å². The summed E-state index contributed by atoms with van der Waals surface area (Å²) in [6, 6.07) is 6.15. The van der Waals surface area contributed by atoms with Gasteiger partial charge in [0.05, 0.1) is 19.1 Å². The van der Waals surface area contributed by atoms with Crippen LogP contribution < -0.4 is 9.64 Å². The summed E-state index contributed by atoms with van der Waals surface area (Å²) in [5.74, 6) is 1.04. The fourth-order valence-corrected chi connectivity index (χ4v) is 3.53. The summed E-state index contributed by atoms with van der Waals surface area (Å²) >= 11 is 0. The standard InChI is InChI=1S/C18H26N2O4/c1-19(2)11-5-6-15-13(7-11)14-8-12(9-17(22)20(3)4)23-16(10-21)18(14)24-15/h5-7,12,14,16,18,21H,8-10H2,1-4H3/t12-,14-,16-,18+/m1/s1. The summed E-state index contributed by atoms with van der Waals surface area (Å²) in [7, 11) is 7.51. The molecule has 0 spiro atoms. The summed E-state index contributed by atoms with van der Waals surface area (Å²) in [6.45, 7) is -0.109. The Bertz CT molecular complexity index is 617. The van der Waals surface area contributed by atoms with Gasteiger partial charge in [0.2, 0.25) is 5.91 Å². The van der Waals surface area contributed by atoms with Gasteiger partial charge >= 0.3 is 0 Å².